The standard InChI is InChI=1S/C13H20ClN/c1-3-4-5-6-13(15)11-7-8-12(14)10(2)9-11/h7-9,13H,3-6,15H2,1-2H3. The van der Waals surface area contributed by atoms with Crippen molar-refractivity contribution in [1.82, 2.24) is 0 Å². The van der Waals surface area contributed by atoms with Gasteiger partial charge < -0.3 is 5.73 Å². The van der Waals surface area contributed by atoms with Crippen molar-refractivity contribution >= 4 is 11.6 Å². The molecule has 0 aliphatic heterocycles. The quantitative estimate of drug-likeness (QED) is 0.746. The Kier molecular flexibility index (Phi) is 5.13. The lowest BCUT2D eigenvalue weighted by molar-refractivity contribution is 0.581. The molecule has 0 aliphatic carbocycles. The summed E-state index contributed by atoms with van der Waals surface area (Å²) in [6.07, 6.45) is 4.78. The maximum absolute atomic E-state index is 6.11. The van der Waals surface area contributed by atoms with Crippen LogP contribution in [0, 0.1) is 6.92 Å². The van der Waals surface area contributed by atoms with E-state index in [0.29, 0.717) is 0 Å². The van der Waals surface area contributed by atoms with Gasteiger partial charge in [0.15, 0.2) is 0 Å². The van der Waals surface area contributed by atoms with Crippen molar-refractivity contribution in [2.24, 2.45) is 5.73 Å². The predicted molar refractivity (Wildman–Crippen MR) is 67.3 cm³/mol. The molecule has 2 N–H and O–H groups in total. The van der Waals surface area contributed by atoms with Crippen molar-refractivity contribution in [3.63, 3.8) is 0 Å². The van der Waals surface area contributed by atoms with Crippen LogP contribution >= 0.6 is 11.6 Å². The van der Waals surface area contributed by atoms with Gasteiger partial charge in [0.25, 0.3) is 0 Å². The first-order valence-electron chi connectivity index (χ1n) is 5.66. The summed E-state index contributed by atoms with van der Waals surface area (Å²) < 4.78 is 0. The van der Waals surface area contributed by atoms with E-state index in [1.54, 1.807) is 0 Å². The molecule has 0 heterocycles. The maximum Gasteiger partial charge on any atom is 0.0435 e. The van der Waals surface area contributed by atoms with E-state index in [4.69, 9.17) is 17.3 Å². The lowest BCUT2D eigenvalue weighted by atomic mass is 10.00. The molecule has 0 radical (unpaired) electrons. The summed E-state index contributed by atoms with van der Waals surface area (Å²) in [4.78, 5) is 0. The van der Waals surface area contributed by atoms with Crippen LogP contribution in [-0.2, 0) is 0 Å². The van der Waals surface area contributed by atoms with Gasteiger partial charge >= 0.3 is 0 Å². The van der Waals surface area contributed by atoms with Gasteiger partial charge in [0, 0.05) is 11.1 Å². The molecule has 0 bridgehead atoms. The number of nitrogens with two attached hydrogens (primary N) is 1. The second kappa shape index (κ2) is 6.14. The third kappa shape index (κ3) is 3.84. The molecular weight excluding hydrogens is 206 g/mol. The Bertz CT molecular complexity index is 309. The number of benzene rings is 1. The second-order valence-electron chi connectivity index (χ2n) is 4.11. The summed E-state index contributed by atoms with van der Waals surface area (Å²) in [5, 5.41) is 0.819. The Balaban J connectivity index is 2.57. The third-order valence-corrected chi connectivity index (χ3v) is 3.15. The zero-order valence-corrected chi connectivity index (χ0v) is 10.3. The number of aryl methyl sites for hydroxylation is 1. The Labute approximate surface area is 97.6 Å². The molecule has 1 unspecified atom stereocenters. The van der Waals surface area contributed by atoms with E-state index in [2.05, 4.69) is 13.0 Å². The Morgan fingerprint density at radius 1 is 1.33 bits per heavy atom. The lowest BCUT2D eigenvalue weighted by Gasteiger charge is -2.12. The SMILES string of the molecule is CCCCCC(N)c1ccc(Cl)c(C)c1. The first-order valence-corrected chi connectivity index (χ1v) is 6.04. The molecule has 2 heteroatoms. The number of hydrogen-bond donors (Lipinski definition) is 1. The minimum absolute atomic E-state index is 0.160. The number of rotatable bonds is 5. The minimum atomic E-state index is 0.160. The highest BCUT2D eigenvalue weighted by Gasteiger charge is 2.06. The van der Waals surface area contributed by atoms with Gasteiger partial charge in [-0.3, -0.25) is 0 Å². The molecule has 0 amide bonds. The second-order valence-corrected chi connectivity index (χ2v) is 4.52. The van der Waals surface area contributed by atoms with Crippen LogP contribution in [0.3, 0.4) is 0 Å². The van der Waals surface area contributed by atoms with E-state index in [1.165, 1.54) is 24.8 Å². The van der Waals surface area contributed by atoms with Crippen LogP contribution in [0.1, 0.15) is 49.8 Å². The maximum atomic E-state index is 6.11. The lowest BCUT2D eigenvalue weighted by Crippen LogP contribution is -2.10. The van der Waals surface area contributed by atoms with Gasteiger partial charge in [-0.25, -0.2) is 0 Å². The summed E-state index contributed by atoms with van der Waals surface area (Å²) in [6.45, 7) is 4.22. The Morgan fingerprint density at radius 2 is 2.07 bits per heavy atom. The van der Waals surface area contributed by atoms with E-state index in [9.17, 15) is 0 Å². The van der Waals surface area contributed by atoms with Crippen molar-refractivity contribution in [2.75, 3.05) is 0 Å². The highest BCUT2D eigenvalue weighted by atomic mass is 35.5. The molecule has 1 aromatic carbocycles. The molecule has 0 fully saturated rings. The average molecular weight is 226 g/mol. The van der Waals surface area contributed by atoms with Crippen LogP contribution in [0.25, 0.3) is 0 Å². The largest absolute Gasteiger partial charge is 0.324 e. The molecule has 0 aliphatic rings. The van der Waals surface area contributed by atoms with E-state index in [0.717, 1.165) is 17.0 Å². The molecule has 15 heavy (non-hydrogen) atoms. The molecule has 0 aromatic heterocycles. The summed E-state index contributed by atoms with van der Waals surface area (Å²) in [5.41, 5.74) is 8.42. The van der Waals surface area contributed by atoms with Gasteiger partial charge in [-0.15, -0.1) is 0 Å². The number of hydrogen-bond acceptors (Lipinski definition) is 1. The van der Waals surface area contributed by atoms with E-state index in [1.807, 2.05) is 19.1 Å². The molecule has 1 rings (SSSR count). The topological polar surface area (TPSA) is 26.0 Å². The van der Waals surface area contributed by atoms with Crippen LogP contribution in [0.15, 0.2) is 18.2 Å². The summed E-state index contributed by atoms with van der Waals surface area (Å²) >= 11 is 5.97. The van der Waals surface area contributed by atoms with Crippen LogP contribution < -0.4 is 5.73 Å². The van der Waals surface area contributed by atoms with E-state index < -0.39 is 0 Å². The first-order chi connectivity index (χ1) is 7.15. The third-order valence-electron chi connectivity index (χ3n) is 2.73. The van der Waals surface area contributed by atoms with Crippen molar-refractivity contribution in [3.05, 3.63) is 34.3 Å². The van der Waals surface area contributed by atoms with Gasteiger partial charge in [0.05, 0.1) is 0 Å². The molecule has 1 aromatic rings. The van der Waals surface area contributed by atoms with Crippen molar-refractivity contribution in [3.8, 4) is 0 Å². The molecule has 0 spiro atoms. The van der Waals surface area contributed by atoms with Crippen molar-refractivity contribution in [1.29, 1.82) is 0 Å². The van der Waals surface area contributed by atoms with Crippen LogP contribution in [0.5, 0.6) is 0 Å². The molecule has 0 saturated heterocycles. The van der Waals surface area contributed by atoms with E-state index in [-0.39, 0.29) is 6.04 Å². The zero-order valence-electron chi connectivity index (χ0n) is 9.59. The Hall–Kier alpha value is -0.530. The van der Waals surface area contributed by atoms with Gasteiger partial charge in [-0.1, -0.05) is 49.9 Å². The zero-order chi connectivity index (χ0) is 11.3. The first kappa shape index (κ1) is 12.5. The molecule has 1 atom stereocenters. The van der Waals surface area contributed by atoms with Gasteiger partial charge in [0.2, 0.25) is 0 Å². The average Bonchev–Trinajstić information content (AvgIpc) is 2.22. The fourth-order valence-electron chi connectivity index (χ4n) is 1.68. The van der Waals surface area contributed by atoms with Crippen LogP contribution in [0.4, 0.5) is 0 Å². The minimum Gasteiger partial charge on any atom is -0.324 e. The predicted octanol–water partition coefficient (Wildman–Crippen LogP) is 4.23. The smallest absolute Gasteiger partial charge is 0.0435 e. The highest BCUT2D eigenvalue weighted by molar-refractivity contribution is 6.31. The van der Waals surface area contributed by atoms with Gasteiger partial charge in [0.1, 0.15) is 0 Å². The summed E-state index contributed by atoms with van der Waals surface area (Å²) in [7, 11) is 0. The van der Waals surface area contributed by atoms with Crippen LogP contribution in [-0.4, -0.2) is 0 Å². The summed E-state index contributed by atoms with van der Waals surface area (Å²) in [5.74, 6) is 0. The number of halogens is 1. The molecule has 0 saturated carbocycles. The summed E-state index contributed by atoms with van der Waals surface area (Å²) in [6, 6.07) is 6.23. The van der Waals surface area contributed by atoms with E-state index >= 15 is 0 Å². The highest BCUT2D eigenvalue weighted by Crippen LogP contribution is 2.22. The Morgan fingerprint density at radius 3 is 2.67 bits per heavy atom. The fourth-order valence-corrected chi connectivity index (χ4v) is 1.80. The molecular formula is C13H20ClN. The normalized spacial score (nSPS) is 12.8. The fraction of sp³-hybridized carbons (Fsp3) is 0.538. The van der Waals surface area contributed by atoms with Crippen molar-refractivity contribution < 1.29 is 0 Å². The molecule has 84 valence electrons. The van der Waals surface area contributed by atoms with Gasteiger partial charge in [-0.2, -0.15) is 0 Å². The van der Waals surface area contributed by atoms with Crippen molar-refractivity contribution in [2.45, 2.75) is 45.6 Å². The number of unbranched alkanes of at least 4 members (excludes halogenated alkanes) is 2. The van der Waals surface area contributed by atoms with Gasteiger partial charge in [-0.05, 0) is 30.5 Å². The van der Waals surface area contributed by atoms with Crippen LogP contribution in [0.2, 0.25) is 5.02 Å². The molecule has 1 nitrogen and oxygen atoms in total. The monoisotopic (exact) mass is 225 g/mol.